The van der Waals surface area contributed by atoms with Crippen LogP contribution in [0.15, 0.2) is 54.6 Å². The number of nitrogens with one attached hydrogen (secondary N) is 2. The lowest BCUT2D eigenvalue weighted by atomic mass is 10.0. The average Bonchev–Trinajstić information content (AvgIpc) is 2.55. The number of aliphatic hydroxyl groups is 1. The summed E-state index contributed by atoms with van der Waals surface area (Å²) < 4.78 is 0. The van der Waals surface area contributed by atoms with Crippen molar-refractivity contribution in [3.63, 3.8) is 0 Å². The number of benzene rings is 2. The lowest BCUT2D eigenvalue weighted by molar-refractivity contribution is 0.101. The van der Waals surface area contributed by atoms with Gasteiger partial charge in [-0.1, -0.05) is 30.3 Å². The zero-order chi connectivity index (χ0) is 16.7. The minimum absolute atomic E-state index is 0.0203. The van der Waals surface area contributed by atoms with E-state index in [1.165, 1.54) is 6.92 Å². The number of anilines is 1. The number of amides is 2. The fourth-order valence-electron chi connectivity index (χ4n) is 2.25. The van der Waals surface area contributed by atoms with Gasteiger partial charge in [-0.05, 0) is 43.2 Å². The first-order valence-corrected chi connectivity index (χ1v) is 7.44. The third-order valence-electron chi connectivity index (χ3n) is 3.47. The average molecular weight is 312 g/mol. The van der Waals surface area contributed by atoms with Crippen LogP contribution in [0.1, 0.15) is 35.3 Å². The molecular formula is C18H20N2O3. The van der Waals surface area contributed by atoms with E-state index >= 15 is 0 Å². The lowest BCUT2D eigenvalue weighted by Gasteiger charge is -2.18. The number of carbonyl (C=O) groups excluding carboxylic acids is 2. The quantitative estimate of drug-likeness (QED) is 0.717. The molecule has 0 aliphatic carbocycles. The Morgan fingerprint density at radius 2 is 1.70 bits per heavy atom. The molecule has 0 saturated heterocycles. The highest BCUT2D eigenvalue weighted by Gasteiger charge is 2.14. The molecule has 0 aromatic heterocycles. The standard InChI is InChI=1S/C18H20N2O3/c1-13(22)14-7-9-16(10-8-14)19-18(23)20-17(11-12-21)15-5-3-2-4-6-15/h2-10,17,21H,11-12H2,1H3,(H2,19,20,23)/t17-/m1/s1. The molecule has 5 nitrogen and oxygen atoms in total. The summed E-state index contributed by atoms with van der Waals surface area (Å²) in [6, 6.07) is 15.6. The molecule has 2 aromatic carbocycles. The number of hydrogen-bond donors (Lipinski definition) is 3. The Bertz CT molecular complexity index is 654. The molecule has 0 radical (unpaired) electrons. The van der Waals surface area contributed by atoms with Gasteiger partial charge in [0.15, 0.2) is 5.78 Å². The van der Waals surface area contributed by atoms with Crippen LogP contribution in [0.25, 0.3) is 0 Å². The summed E-state index contributed by atoms with van der Waals surface area (Å²) in [6.07, 6.45) is 0.431. The number of ketones is 1. The van der Waals surface area contributed by atoms with Crippen molar-refractivity contribution in [1.29, 1.82) is 0 Å². The van der Waals surface area contributed by atoms with Crippen LogP contribution in [0.5, 0.6) is 0 Å². The van der Waals surface area contributed by atoms with E-state index in [1.807, 2.05) is 30.3 Å². The first-order valence-electron chi connectivity index (χ1n) is 7.44. The molecule has 120 valence electrons. The van der Waals surface area contributed by atoms with Crippen LogP contribution in [0.3, 0.4) is 0 Å². The third kappa shape index (κ3) is 4.93. The number of Topliss-reactive ketones (excluding diaryl/α,β-unsaturated/α-hetero) is 1. The number of rotatable bonds is 6. The van der Waals surface area contributed by atoms with Crippen LogP contribution in [-0.2, 0) is 0 Å². The Kier molecular flexibility index (Phi) is 5.88. The number of hydrogen-bond acceptors (Lipinski definition) is 3. The topological polar surface area (TPSA) is 78.4 Å². The van der Waals surface area contributed by atoms with Gasteiger partial charge in [0, 0.05) is 17.9 Å². The summed E-state index contributed by atoms with van der Waals surface area (Å²) in [5, 5.41) is 14.7. The predicted molar refractivity (Wildman–Crippen MR) is 89.5 cm³/mol. The molecule has 23 heavy (non-hydrogen) atoms. The van der Waals surface area contributed by atoms with Crippen molar-refractivity contribution >= 4 is 17.5 Å². The molecule has 0 aliphatic heterocycles. The molecule has 5 heteroatoms. The Morgan fingerprint density at radius 3 is 2.26 bits per heavy atom. The normalized spacial score (nSPS) is 11.6. The highest BCUT2D eigenvalue weighted by Crippen LogP contribution is 2.16. The summed E-state index contributed by atoms with van der Waals surface area (Å²) in [7, 11) is 0. The molecule has 1 atom stereocenters. The van der Waals surface area contributed by atoms with Crippen molar-refractivity contribution in [1.82, 2.24) is 5.32 Å². The molecule has 0 bridgehead atoms. The Labute approximate surface area is 135 Å². The first-order chi connectivity index (χ1) is 11.1. The Balaban J connectivity index is 2.00. The maximum atomic E-state index is 12.1. The van der Waals surface area contributed by atoms with Gasteiger partial charge in [0.25, 0.3) is 0 Å². The minimum Gasteiger partial charge on any atom is -0.396 e. The van der Waals surface area contributed by atoms with Crippen molar-refractivity contribution < 1.29 is 14.7 Å². The molecule has 0 spiro atoms. The molecule has 0 saturated carbocycles. The highest BCUT2D eigenvalue weighted by atomic mass is 16.3. The molecule has 3 N–H and O–H groups in total. The molecule has 0 unspecified atom stereocenters. The van der Waals surface area contributed by atoms with E-state index in [1.54, 1.807) is 24.3 Å². The van der Waals surface area contributed by atoms with Gasteiger partial charge >= 0.3 is 6.03 Å². The largest absolute Gasteiger partial charge is 0.396 e. The van der Waals surface area contributed by atoms with Crippen LogP contribution >= 0.6 is 0 Å². The third-order valence-corrected chi connectivity index (χ3v) is 3.47. The lowest BCUT2D eigenvalue weighted by Crippen LogP contribution is -2.33. The summed E-state index contributed by atoms with van der Waals surface area (Å²) >= 11 is 0. The monoisotopic (exact) mass is 312 g/mol. The van der Waals surface area contributed by atoms with Crippen molar-refractivity contribution in [2.45, 2.75) is 19.4 Å². The SMILES string of the molecule is CC(=O)c1ccc(NC(=O)N[C@H](CCO)c2ccccc2)cc1. The summed E-state index contributed by atoms with van der Waals surface area (Å²) in [6.45, 7) is 1.47. The first kappa shape index (κ1) is 16.7. The van der Waals surface area contributed by atoms with Crippen LogP contribution in [0, 0.1) is 0 Å². The van der Waals surface area contributed by atoms with Crippen LogP contribution in [0.4, 0.5) is 10.5 Å². The smallest absolute Gasteiger partial charge is 0.319 e. The van der Waals surface area contributed by atoms with Crippen molar-refractivity contribution in [3.8, 4) is 0 Å². The van der Waals surface area contributed by atoms with E-state index in [4.69, 9.17) is 0 Å². The summed E-state index contributed by atoms with van der Waals surface area (Å²) in [4.78, 5) is 23.3. The van der Waals surface area contributed by atoms with E-state index in [-0.39, 0.29) is 24.5 Å². The van der Waals surface area contributed by atoms with Gasteiger partial charge in [-0.15, -0.1) is 0 Å². The van der Waals surface area contributed by atoms with Crippen LogP contribution in [0.2, 0.25) is 0 Å². The minimum atomic E-state index is -0.358. The molecule has 0 fully saturated rings. The summed E-state index contributed by atoms with van der Waals surface area (Å²) in [5.41, 5.74) is 2.13. The number of aliphatic hydroxyl groups excluding tert-OH is 1. The fraction of sp³-hybridized carbons (Fsp3) is 0.222. The fourth-order valence-corrected chi connectivity index (χ4v) is 2.25. The molecular weight excluding hydrogens is 292 g/mol. The van der Waals surface area contributed by atoms with Gasteiger partial charge in [-0.2, -0.15) is 0 Å². The number of carbonyl (C=O) groups is 2. The molecule has 2 amide bonds. The van der Waals surface area contributed by atoms with Gasteiger partial charge in [0.2, 0.25) is 0 Å². The highest BCUT2D eigenvalue weighted by molar-refractivity contribution is 5.95. The van der Waals surface area contributed by atoms with Crippen molar-refractivity contribution in [3.05, 3.63) is 65.7 Å². The van der Waals surface area contributed by atoms with Crippen LogP contribution < -0.4 is 10.6 Å². The van der Waals surface area contributed by atoms with E-state index in [2.05, 4.69) is 10.6 Å². The maximum absolute atomic E-state index is 12.1. The van der Waals surface area contributed by atoms with Crippen molar-refractivity contribution in [2.24, 2.45) is 0 Å². The zero-order valence-electron chi connectivity index (χ0n) is 13.0. The Hall–Kier alpha value is -2.66. The van der Waals surface area contributed by atoms with Crippen molar-refractivity contribution in [2.75, 3.05) is 11.9 Å². The van der Waals surface area contributed by atoms with Gasteiger partial charge in [-0.3, -0.25) is 4.79 Å². The Morgan fingerprint density at radius 1 is 1.04 bits per heavy atom. The van der Waals surface area contributed by atoms with Crippen LogP contribution in [-0.4, -0.2) is 23.5 Å². The zero-order valence-corrected chi connectivity index (χ0v) is 13.0. The second-order valence-corrected chi connectivity index (χ2v) is 5.21. The van der Waals surface area contributed by atoms with Gasteiger partial charge in [0.05, 0.1) is 6.04 Å². The second-order valence-electron chi connectivity index (χ2n) is 5.21. The van der Waals surface area contributed by atoms with E-state index in [0.29, 0.717) is 17.7 Å². The predicted octanol–water partition coefficient (Wildman–Crippen LogP) is 3.13. The number of urea groups is 1. The molecule has 2 aromatic rings. The van der Waals surface area contributed by atoms with E-state index < -0.39 is 0 Å². The van der Waals surface area contributed by atoms with Gasteiger partial charge < -0.3 is 15.7 Å². The molecule has 2 rings (SSSR count). The maximum Gasteiger partial charge on any atom is 0.319 e. The van der Waals surface area contributed by atoms with Gasteiger partial charge in [-0.25, -0.2) is 4.79 Å². The van der Waals surface area contributed by atoms with E-state index in [9.17, 15) is 14.7 Å². The summed E-state index contributed by atoms with van der Waals surface area (Å²) in [5.74, 6) is -0.0203. The second kappa shape index (κ2) is 8.10. The van der Waals surface area contributed by atoms with Gasteiger partial charge in [0.1, 0.15) is 0 Å². The molecule has 0 heterocycles. The molecule has 0 aliphatic rings. The van der Waals surface area contributed by atoms with E-state index in [0.717, 1.165) is 5.56 Å².